The molecule has 0 aliphatic carbocycles. The Kier molecular flexibility index (Phi) is 7.97. The number of thioether (sulfide) groups is 1. The van der Waals surface area contributed by atoms with Gasteiger partial charge in [-0.2, -0.15) is 0 Å². The van der Waals surface area contributed by atoms with Gasteiger partial charge >= 0.3 is 4.87 Å². The number of hydrogen-bond acceptors (Lipinski definition) is 10. The van der Waals surface area contributed by atoms with Gasteiger partial charge in [0.2, 0.25) is 17.7 Å². The van der Waals surface area contributed by atoms with Crippen molar-refractivity contribution in [2.45, 2.75) is 22.7 Å². The molecular formula is C34H26N4O8S2. The summed E-state index contributed by atoms with van der Waals surface area (Å²) in [5, 5.41) is 15.4. The van der Waals surface area contributed by atoms with Gasteiger partial charge in [0.05, 0.1) is 35.8 Å². The molecule has 3 atom stereocenters. The lowest BCUT2D eigenvalue weighted by atomic mass is 9.83. The highest BCUT2D eigenvalue weighted by Gasteiger charge is 2.57. The van der Waals surface area contributed by atoms with Crippen LogP contribution in [0.25, 0.3) is 10.8 Å². The molecule has 14 heteroatoms. The normalized spacial score (nSPS) is 18.4. The lowest BCUT2D eigenvalue weighted by Crippen LogP contribution is -2.33. The first-order valence-electron chi connectivity index (χ1n) is 14.7. The molecule has 242 valence electrons. The van der Waals surface area contributed by atoms with E-state index in [1.54, 1.807) is 24.3 Å². The number of fused-ring (bicyclic) bond motifs is 3. The number of nitro benzene ring substituents is 1. The zero-order chi connectivity index (χ0) is 33.7. The van der Waals surface area contributed by atoms with Gasteiger partial charge in [0, 0.05) is 34.0 Å². The maximum atomic E-state index is 14.2. The van der Waals surface area contributed by atoms with Crippen molar-refractivity contribution in [2.75, 3.05) is 24.4 Å². The molecule has 1 N–H and O–H groups in total. The van der Waals surface area contributed by atoms with Gasteiger partial charge in [-0.05, 0) is 41.3 Å². The van der Waals surface area contributed by atoms with Crippen molar-refractivity contribution < 1.29 is 28.8 Å². The van der Waals surface area contributed by atoms with Gasteiger partial charge in [0.1, 0.15) is 11.8 Å². The minimum absolute atomic E-state index is 0.180. The van der Waals surface area contributed by atoms with E-state index in [2.05, 4.69) is 5.32 Å². The minimum atomic E-state index is -0.945. The molecule has 3 amide bonds. The van der Waals surface area contributed by atoms with E-state index in [0.29, 0.717) is 32.7 Å². The number of hydrogen-bond donors (Lipinski definition) is 1. The van der Waals surface area contributed by atoms with Crippen LogP contribution in [-0.2, 0) is 20.9 Å². The maximum absolute atomic E-state index is 14.2. The quantitative estimate of drug-likeness (QED) is 0.129. The highest BCUT2D eigenvalue weighted by atomic mass is 32.2. The Morgan fingerprint density at radius 3 is 2.38 bits per heavy atom. The number of nitrogens with one attached hydrogen (secondary N) is 1. The molecule has 7 rings (SSSR count). The Balaban J connectivity index is 1.29. The summed E-state index contributed by atoms with van der Waals surface area (Å²) in [4.78, 5) is 67.1. The number of imide groups is 1. The Hall–Kier alpha value is -5.47. The molecule has 2 aliphatic heterocycles. The molecule has 0 unspecified atom stereocenters. The maximum Gasteiger partial charge on any atom is 0.308 e. The van der Waals surface area contributed by atoms with E-state index < -0.39 is 44.6 Å². The van der Waals surface area contributed by atoms with Crippen LogP contribution < -0.4 is 24.6 Å². The fraction of sp³-hybridized carbons (Fsp3) is 0.176. The first-order chi connectivity index (χ1) is 23.2. The van der Waals surface area contributed by atoms with Gasteiger partial charge in [-0.1, -0.05) is 65.6 Å². The predicted octanol–water partition coefficient (Wildman–Crippen LogP) is 5.42. The van der Waals surface area contributed by atoms with Crippen LogP contribution in [0.5, 0.6) is 11.5 Å². The molecule has 0 spiro atoms. The van der Waals surface area contributed by atoms with E-state index in [0.717, 1.165) is 38.8 Å². The molecule has 0 bridgehead atoms. The third-order valence-corrected chi connectivity index (χ3v) is 11.1. The lowest BCUT2D eigenvalue weighted by Gasteiger charge is -2.31. The van der Waals surface area contributed by atoms with Crippen molar-refractivity contribution in [2.24, 2.45) is 5.92 Å². The number of carbonyl (C=O) groups excluding carboxylic acids is 3. The first kappa shape index (κ1) is 31.1. The van der Waals surface area contributed by atoms with Crippen LogP contribution in [0, 0.1) is 16.0 Å². The fourth-order valence-electron chi connectivity index (χ4n) is 6.31. The predicted molar refractivity (Wildman–Crippen MR) is 181 cm³/mol. The average molecular weight is 683 g/mol. The van der Waals surface area contributed by atoms with E-state index in [1.165, 1.54) is 43.1 Å². The van der Waals surface area contributed by atoms with Crippen LogP contribution >= 0.6 is 23.1 Å². The Bertz CT molecular complexity index is 2190. The number of thiazole rings is 1. The second-order valence-corrected chi connectivity index (χ2v) is 13.3. The number of amides is 3. The van der Waals surface area contributed by atoms with Crippen LogP contribution in [-0.4, -0.2) is 46.7 Å². The molecular weight excluding hydrogens is 657 g/mol. The number of nitrogens with zero attached hydrogens (tertiary/aromatic N) is 3. The van der Waals surface area contributed by atoms with Crippen molar-refractivity contribution in [3.63, 3.8) is 0 Å². The van der Waals surface area contributed by atoms with Crippen molar-refractivity contribution in [1.29, 1.82) is 0 Å². The van der Waals surface area contributed by atoms with E-state index >= 15 is 0 Å². The van der Waals surface area contributed by atoms with Gasteiger partial charge in [0.15, 0.2) is 11.5 Å². The smallest absolute Gasteiger partial charge is 0.308 e. The SMILES string of the molecule is COc1ccc([C@@H]2c3sc(=O)n(CC(=O)Nc4cccc5ccccc45)c3S[C@H]3C(=O)N(c4ccc([N+](=O)[O-])cc4)C(=O)[C@@H]23)cc1OC. The summed E-state index contributed by atoms with van der Waals surface area (Å²) in [6.45, 7) is -0.314. The molecule has 1 fully saturated rings. The van der Waals surface area contributed by atoms with Crippen molar-refractivity contribution in [1.82, 2.24) is 4.57 Å². The monoisotopic (exact) mass is 682 g/mol. The number of benzene rings is 4. The standard InChI is InChI=1S/C34H26N4O8S2/c1-45-24-15-10-19(16-25(24)46-2)27-28-29(32(41)37(31(28)40)20-11-13-21(14-12-20)38(43)44)47-33-30(27)48-34(42)36(33)17-26(39)35-23-9-5-7-18-6-3-4-8-22(18)23/h3-16,27-29H,17H2,1-2H3,(H,35,39)/t27-,28-,29+/m0/s1. The topological polar surface area (TPSA) is 150 Å². The van der Waals surface area contributed by atoms with Crippen molar-refractivity contribution in [3.05, 3.63) is 115 Å². The van der Waals surface area contributed by atoms with E-state index in [9.17, 15) is 29.3 Å². The molecule has 2 aliphatic rings. The molecule has 3 heterocycles. The second kappa shape index (κ2) is 12.3. The number of aromatic nitrogens is 1. The summed E-state index contributed by atoms with van der Waals surface area (Å²) in [5.74, 6) is -2.26. The van der Waals surface area contributed by atoms with Crippen LogP contribution in [0.15, 0.2) is 94.7 Å². The zero-order valence-corrected chi connectivity index (χ0v) is 27.1. The van der Waals surface area contributed by atoms with Crippen LogP contribution in [0.4, 0.5) is 17.1 Å². The highest BCUT2D eigenvalue weighted by molar-refractivity contribution is 8.00. The molecule has 12 nitrogen and oxygen atoms in total. The summed E-state index contributed by atoms with van der Waals surface area (Å²) in [6.07, 6.45) is 0. The third-order valence-electron chi connectivity index (χ3n) is 8.50. The molecule has 0 saturated carbocycles. The molecule has 48 heavy (non-hydrogen) atoms. The molecule has 1 aromatic heterocycles. The number of methoxy groups -OCH3 is 2. The van der Waals surface area contributed by atoms with Gasteiger partial charge in [0.25, 0.3) is 5.69 Å². The first-order valence-corrected chi connectivity index (χ1v) is 16.4. The van der Waals surface area contributed by atoms with Gasteiger partial charge in [-0.15, -0.1) is 0 Å². The van der Waals surface area contributed by atoms with Crippen LogP contribution in [0.2, 0.25) is 0 Å². The minimum Gasteiger partial charge on any atom is -0.493 e. The number of carbonyl (C=O) groups is 3. The highest BCUT2D eigenvalue weighted by Crippen LogP contribution is 2.54. The van der Waals surface area contributed by atoms with Crippen molar-refractivity contribution >= 4 is 68.7 Å². The lowest BCUT2D eigenvalue weighted by molar-refractivity contribution is -0.384. The largest absolute Gasteiger partial charge is 0.493 e. The molecule has 1 saturated heterocycles. The Morgan fingerprint density at radius 1 is 0.917 bits per heavy atom. The Morgan fingerprint density at radius 2 is 1.65 bits per heavy atom. The summed E-state index contributed by atoms with van der Waals surface area (Å²) in [5.41, 5.74) is 1.23. The summed E-state index contributed by atoms with van der Waals surface area (Å²) >= 11 is 2.00. The number of non-ortho nitro benzene ring substituents is 1. The van der Waals surface area contributed by atoms with Crippen LogP contribution in [0.3, 0.4) is 0 Å². The fourth-order valence-corrected chi connectivity index (χ4v) is 9.08. The van der Waals surface area contributed by atoms with Crippen LogP contribution in [0.1, 0.15) is 16.4 Å². The van der Waals surface area contributed by atoms with E-state index in [-0.39, 0.29) is 17.9 Å². The number of rotatable bonds is 8. The van der Waals surface area contributed by atoms with Gasteiger partial charge in [-0.25, -0.2) is 4.90 Å². The average Bonchev–Trinajstić information content (AvgIpc) is 3.54. The summed E-state index contributed by atoms with van der Waals surface area (Å²) < 4.78 is 12.3. The van der Waals surface area contributed by atoms with Crippen molar-refractivity contribution in [3.8, 4) is 11.5 Å². The summed E-state index contributed by atoms with van der Waals surface area (Å²) in [7, 11) is 2.98. The molecule has 4 aromatic carbocycles. The molecule has 5 aromatic rings. The third kappa shape index (κ3) is 5.18. The Labute approximate surface area is 281 Å². The second-order valence-electron chi connectivity index (χ2n) is 11.1. The number of nitro groups is 1. The molecule has 0 radical (unpaired) electrons. The number of anilines is 2. The number of ether oxygens (including phenoxy) is 2. The van der Waals surface area contributed by atoms with Gasteiger partial charge in [-0.3, -0.25) is 33.9 Å². The summed E-state index contributed by atoms with van der Waals surface area (Å²) in [6, 6.07) is 23.5. The van der Waals surface area contributed by atoms with Gasteiger partial charge < -0.3 is 14.8 Å². The zero-order valence-electron chi connectivity index (χ0n) is 25.4. The van der Waals surface area contributed by atoms with E-state index in [4.69, 9.17) is 9.47 Å². The van der Waals surface area contributed by atoms with E-state index in [1.807, 2.05) is 36.4 Å².